The molecule has 5 amide bonds. The van der Waals surface area contributed by atoms with Gasteiger partial charge in [0, 0.05) is 19.5 Å². The number of hydrogen-bond donors (Lipinski definition) is 6. The normalized spacial score (nSPS) is 12.3. The predicted octanol–water partition coefficient (Wildman–Crippen LogP) is -1.16. The van der Waals surface area contributed by atoms with Crippen molar-refractivity contribution in [3.63, 3.8) is 0 Å². The number of unbranched alkanes of at least 4 members (excludes halogenated alkanes) is 2. The molecule has 13 heteroatoms. The first-order valence-electron chi connectivity index (χ1n) is 10.5. The first kappa shape index (κ1) is 29.9. The quantitative estimate of drug-likeness (QED) is 0.102. The number of carbonyl (C=O) groups excluding carboxylic acids is 5. The van der Waals surface area contributed by atoms with E-state index in [1.165, 1.54) is 0 Å². The summed E-state index contributed by atoms with van der Waals surface area (Å²) >= 11 is 11.0. The second kappa shape index (κ2) is 18.5. The summed E-state index contributed by atoms with van der Waals surface area (Å²) in [7, 11) is 0. The number of alkyl halides is 2. The Morgan fingerprint density at radius 2 is 1.31 bits per heavy atom. The highest BCUT2D eigenvalue weighted by atomic mass is 35.5. The van der Waals surface area contributed by atoms with Crippen molar-refractivity contribution in [1.82, 2.24) is 21.3 Å². The van der Waals surface area contributed by atoms with Crippen LogP contribution in [0.2, 0.25) is 0 Å². The van der Waals surface area contributed by atoms with Gasteiger partial charge < -0.3 is 32.7 Å². The molecular formula is C19H34Cl2N6O5. The summed E-state index contributed by atoms with van der Waals surface area (Å²) in [5.41, 5.74) is 10.6. The minimum absolute atomic E-state index is 0.0239. The molecule has 8 N–H and O–H groups in total. The molecule has 0 aromatic heterocycles. The van der Waals surface area contributed by atoms with Crippen molar-refractivity contribution < 1.29 is 24.0 Å². The van der Waals surface area contributed by atoms with Crippen LogP contribution in [0.25, 0.3) is 0 Å². The zero-order chi connectivity index (χ0) is 24.4. The average Bonchev–Trinajstić information content (AvgIpc) is 2.76. The van der Waals surface area contributed by atoms with E-state index >= 15 is 0 Å². The molecule has 0 spiro atoms. The van der Waals surface area contributed by atoms with E-state index in [2.05, 4.69) is 21.3 Å². The number of carbonyl (C=O) groups is 5. The number of nitrogens with two attached hydrogens (primary N) is 2. The third kappa shape index (κ3) is 14.8. The van der Waals surface area contributed by atoms with Crippen LogP contribution in [0.4, 0.5) is 0 Å². The lowest BCUT2D eigenvalue weighted by Gasteiger charge is -2.23. The molecule has 0 unspecified atom stereocenters. The van der Waals surface area contributed by atoms with Gasteiger partial charge in [0.1, 0.15) is 23.8 Å². The lowest BCUT2D eigenvalue weighted by Crippen LogP contribution is -2.54. The molecule has 0 heterocycles. The summed E-state index contributed by atoms with van der Waals surface area (Å²) in [6, 6.07) is -1.76. The van der Waals surface area contributed by atoms with Crippen LogP contribution in [0.3, 0.4) is 0 Å². The van der Waals surface area contributed by atoms with Crippen LogP contribution in [0.15, 0.2) is 0 Å². The van der Waals surface area contributed by atoms with Crippen molar-refractivity contribution in [2.24, 2.45) is 11.5 Å². The van der Waals surface area contributed by atoms with E-state index in [0.29, 0.717) is 45.2 Å². The number of rotatable bonds is 18. The SMILES string of the molecule is NCCCC[C@H](NC(=O)[C@H](CCCCNC(=O)CCl)NC(=O)CCl)C(=O)NCCC(N)=O. The third-order valence-electron chi connectivity index (χ3n) is 4.39. The van der Waals surface area contributed by atoms with E-state index in [1.54, 1.807) is 0 Å². The van der Waals surface area contributed by atoms with Crippen LogP contribution in [0.5, 0.6) is 0 Å². The van der Waals surface area contributed by atoms with Crippen LogP contribution in [-0.2, 0) is 24.0 Å². The molecular weight excluding hydrogens is 463 g/mol. The minimum Gasteiger partial charge on any atom is -0.370 e. The van der Waals surface area contributed by atoms with Crippen LogP contribution >= 0.6 is 23.2 Å². The molecule has 32 heavy (non-hydrogen) atoms. The second-order valence-electron chi connectivity index (χ2n) is 7.09. The fourth-order valence-electron chi connectivity index (χ4n) is 2.72. The number of nitrogens with one attached hydrogen (secondary N) is 4. The van der Waals surface area contributed by atoms with E-state index in [9.17, 15) is 24.0 Å². The van der Waals surface area contributed by atoms with Gasteiger partial charge >= 0.3 is 0 Å². The van der Waals surface area contributed by atoms with Gasteiger partial charge in [-0.3, -0.25) is 24.0 Å². The Labute approximate surface area is 198 Å². The van der Waals surface area contributed by atoms with Gasteiger partial charge in [-0.05, 0) is 45.1 Å². The molecule has 184 valence electrons. The fourth-order valence-corrected chi connectivity index (χ4v) is 2.89. The van der Waals surface area contributed by atoms with Gasteiger partial charge in [0.15, 0.2) is 0 Å². The molecule has 0 aliphatic heterocycles. The summed E-state index contributed by atoms with van der Waals surface area (Å²) in [6.07, 6.45) is 2.95. The third-order valence-corrected chi connectivity index (χ3v) is 4.87. The van der Waals surface area contributed by atoms with Gasteiger partial charge in [-0.15, -0.1) is 23.2 Å². The molecule has 0 radical (unpaired) electrons. The Hall–Kier alpha value is -2.11. The van der Waals surface area contributed by atoms with E-state index in [4.69, 9.17) is 34.7 Å². The highest BCUT2D eigenvalue weighted by Gasteiger charge is 2.26. The van der Waals surface area contributed by atoms with Crippen LogP contribution in [-0.4, -0.2) is 73.0 Å². The minimum atomic E-state index is -0.902. The first-order chi connectivity index (χ1) is 15.2. The molecule has 2 atom stereocenters. The Bertz CT molecular complexity index is 623. The highest BCUT2D eigenvalue weighted by Crippen LogP contribution is 2.06. The molecule has 0 aromatic rings. The monoisotopic (exact) mass is 496 g/mol. The number of halogens is 2. The Kier molecular flexibility index (Phi) is 17.2. The van der Waals surface area contributed by atoms with Gasteiger partial charge in [-0.2, -0.15) is 0 Å². The maximum Gasteiger partial charge on any atom is 0.243 e. The molecule has 0 rings (SSSR count). The summed E-state index contributed by atoms with van der Waals surface area (Å²) in [4.78, 5) is 59.1. The fraction of sp³-hybridized carbons (Fsp3) is 0.737. The van der Waals surface area contributed by atoms with Crippen molar-refractivity contribution in [2.75, 3.05) is 31.4 Å². The van der Waals surface area contributed by atoms with Gasteiger partial charge in [0.2, 0.25) is 29.5 Å². The highest BCUT2D eigenvalue weighted by molar-refractivity contribution is 6.27. The van der Waals surface area contributed by atoms with Gasteiger partial charge in [-0.25, -0.2) is 0 Å². The number of primary amides is 1. The Morgan fingerprint density at radius 3 is 1.88 bits per heavy atom. The Morgan fingerprint density at radius 1 is 0.719 bits per heavy atom. The standard InChI is InChI=1S/C19H34Cl2N6O5/c20-11-16(29)24-9-4-2-6-14(26-17(30)12-21)19(32)27-13(5-1-3-8-22)18(31)25-10-7-15(23)28/h13-14H,1-12,22H2,(H2,23,28)(H,24,29)(H,25,31)(H,26,30)(H,27,32)/t13-,14-/m0/s1. The zero-order valence-electron chi connectivity index (χ0n) is 18.1. The molecule has 0 saturated carbocycles. The van der Waals surface area contributed by atoms with E-state index in [0.717, 1.165) is 0 Å². The largest absolute Gasteiger partial charge is 0.370 e. The number of hydrogen-bond acceptors (Lipinski definition) is 6. The van der Waals surface area contributed by atoms with Crippen molar-refractivity contribution in [3.8, 4) is 0 Å². The molecule has 0 aromatic carbocycles. The second-order valence-corrected chi connectivity index (χ2v) is 7.62. The van der Waals surface area contributed by atoms with E-state index in [1.807, 2.05) is 0 Å². The molecule has 0 aliphatic rings. The molecule has 0 aliphatic carbocycles. The van der Waals surface area contributed by atoms with Gasteiger partial charge in [-0.1, -0.05) is 0 Å². The number of amides is 5. The van der Waals surface area contributed by atoms with Gasteiger partial charge in [0.05, 0.1) is 0 Å². The van der Waals surface area contributed by atoms with Crippen LogP contribution < -0.4 is 32.7 Å². The first-order valence-corrected chi connectivity index (χ1v) is 11.6. The van der Waals surface area contributed by atoms with Crippen molar-refractivity contribution >= 4 is 52.7 Å². The van der Waals surface area contributed by atoms with Crippen molar-refractivity contribution in [3.05, 3.63) is 0 Å². The summed E-state index contributed by atoms with van der Waals surface area (Å²) in [5.74, 6) is -2.81. The Balaban J connectivity index is 4.96. The molecule has 11 nitrogen and oxygen atoms in total. The molecule has 0 fully saturated rings. The summed E-state index contributed by atoms with van der Waals surface area (Å²) in [6.45, 7) is 0.879. The van der Waals surface area contributed by atoms with E-state index in [-0.39, 0.29) is 37.1 Å². The average molecular weight is 497 g/mol. The topological polar surface area (TPSA) is 186 Å². The molecule has 0 saturated heterocycles. The lowest BCUT2D eigenvalue weighted by molar-refractivity contribution is -0.132. The maximum atomic E-state index is 12.8. The van der Waals surface area contributed by atoms with Crippen LogP contribution in [0.1, 0.15) is 44.9 Å². The molecule has 0 bridgehead atoms. The summed E-state index contributed by atoms with van der Waals surface area (Å²) in [5, 5.41) is 10.4. The summed E-state index contributed by atoms with van der Waals surface area (Å²) < 4.78 is 0. The van der Waals surface area contributed by atoms with Crippen molar-refractivity contribution in [1.29, 1.82) is 0 Å². The lowest BCUT2D eigenvalue weighted by atomic mass is 10.1. The predicted molar refractivity (Wildman–Crippen MR) is 122 cm³/mol. The smallest absolute Gasteiger partial charge is 0.243 e. The zero-order valence-corrected chi connectivity index (χ0v) is 19.6. The maximum absolute atomic E-state index is 12.8. The van der Waals surface area contributed by atoms with E-state index < -0.39 is 35.7 Å². The van der Waals surface area contributed by atoms with Crippen LogP contribution in [0, 0.1) is 0 Å². The van der Waals surface area contributed by atoms with Crippen molar-refractivity contribution in [2.45, 2.75) is 57.0 Å². The van der Waals surface area contributed by atoms with Gasteiger partial charge in [0.25, 0.3) is 0 Å².